The van der Waals surface area contributed by atoms with Gasteiger partial charge in [-0.2, -0.15) is 0 Å². The van der Waals surface area contributed by atoms with Gasteiger partial charge in [-0.3, -0.25) is 9.78 Å². The van der Waals surface area contributed by atoms with Crippen molar-refractivity contribution in [2.24, 2.45) is 0 Å². The maximum atomic E-state index is 13.0. The molecule has 0 bridgehead atoms. The molecule has 11 heteroatoms. The van der Waals surface area contributed by atoms with Crippen molar-refractivity contribution in [3.63, 3.8) is 0 Å². The second-order valence-corrected chi connectivity index (χ2v) is 10.9. The molecule has 1 atom stereocenters. The van der Waals surface area contributed by atoms with Crippen molar-refractivity contribution in [2.45, 2.75) is 64.0 Å². The van der Waals surface area contributed by atoms with Crippen LogP contribution in [0.3, 0.4) is 0 Å². The minimum atomic E-state index is -1.20. The normalized spacial score (nSPS) is 17.8. The van der Waals surface area contributed by atoms with Crippen LogP contribution in [0.1, 0.15) is 68.3 Å². The minimum absolute atomic E-state index is 0.149. The number of piperidine rings is 1. The van der Waals surface area contributed by atoms with Crippen LogP contribution in [-0.4, -0.2) is 62.5 Å². The summed E-state index contributed by atoms with van der Waals surface area (Å²) in [5, 5.41) is 16.4. The van der Waals surface area contributed by atoms with Crippen LogP contribution in [0.2, 0.25) is 0 Å². The van der Waals surface area contributed by atoms with Crippen LogP contribution in [0.4, 0.5) is 21.0 Å². The van der Waals surface area contributed by atoms with E-state index in [1.165, 1.54) is 12.4 Å². The van der Waals surface area contributed by atoms with Gasteiger partial charge in [-0.25, -0.2) is 19.1 Å². The summed E-state index contributed by atoms with van der Waals surface area (Å²) in [5.41, 5.74) is 2.25. The Labute approximate surface area is 220 Å². The van der Waals surface area contributed by atoms with Gasteiger partial charge in [-0.15, -0.1) is 0 Å². The lowest BCUT2D eigenvalue weighted by atomic mass is 10.0. The van der Waals surface area contributed by atoms with Gasteiger partial charge < -0.3 is 25.4 Å². The Bertz CT molecular complexity index is 1380. The molecule has 5 rings (SSSR count). The third-order valence-corrected chi connectivity index (χ3v) is 6.67. The number of amides is 2. The number of aromatic nitrogens is 3. The predicted molar refractivity (Wildman–Crippen MR) is 142 cm³/mol. The number of carbonyl (C=O) groups excluding carboxylic acids is 2. The van der Waals surface area contributed by atoms with Crippen LogP contribution < -0.4 is 15.5 Å². The Morgan fingerprint density at radius 3 is 2.61 bits per heavy atom. The molecule has 4 heterocycles. The molecule has 0 spiro atoms. The monoisotopic (exact) mass is 520 g/mol. The molecule has 0 radical (unpaired) electrons. The Balaban J connectivity index is 1.54. The molecular formula is C27H32N6O5. The fourth-order valence-corrected chi connectivity index (χ4v) is 4.93. The number of nitrogens with zero attached hydrogens (tertiary/aromatic N) is 4. The molecule has 3 aromatic heterocycles. The molecule has 1 aliphatic heterocycles. The summed E-state index contributed by atoms with van der Waals surface area (Å²) in [4.78, 5) is 48.3. The fraction of sp³-hybridized carbons (Fsp3) is 0.444. The van der Waals surface area contributed by atoms with Gasteiger partial charge in [-0.1, -0.05) is 0 Å². The van der Waals surface area contributed by atoms with Crippen LogP contribution in [0.5, 0.6) is 0 Å². The standard InChI is InChI=1S/C27H32N6O5/c1-27(2,3)38-25(35)30-18-7-5-11-32(14-18)22-19(16-8-9-16)13-29-23-21(22)20(15-33(23)26(36)37)31-24(34)17-6-4-10-28-12-17/h4,6,10,12-13,15-16,18H,5,7-9,11,14H2,1-3H3,(H,30,35)(H,31,34)(H,36,37). The number of carbonyl (C=O) groups is 3. The smallest absolute Gasteiger partial charge is 0.417 e. The minimum Gasteiger partial charge on any atom is -0.464 e. The topological polar surface area (TPSA) is 139 Å². The number of pyridine rings is 2. The van der Waals surface area contributed by atoms with E-state index in [0.717, 1.165) is 48.0 Å². The van der Waals surface area contributed by atoms with E-state index in [9.17, 15) is 19.5 Å². The molecule has 0 aromatic carbocycles. The average molecular weight is 521 g/mol. The number of alkyl carbamates (subject to hydrolysis) is 1. The summed E-state index contributed by atoms with van der Waals surface area (Å²) < 4.78 is 6.49. The van der Waals surface area contributed by atoms with Gasteiger partial charge in [0.25, 0.3) is 5.91 Å². The number of hydrogen-bond donors (Lipinski definition) is 3. The zero-order valence-electron chi connectivity index (χ0n) is 21.7. The van der Waals surface area contributed by atoms with Gasteiger partial charge in [0.15, 0.2) is 5.65 Å². The molecule has 11 nitrogen and oxygen atoms in total. The molecule has 1 aliphatic carbocycles. The first-order chi connectivity index (χ1) is 18.1. The first kappa shape index (κ1) is 25.5. The number of rotatable bonds is 5. The number of hydrogen-bond acceptors (Lipinski definition) is 7. The van der Waals surface area contributed by atoms with Gasteiger partial charge in [0.2, 0.25) is 0 Å². The lowest BCUT2D eigenvalue weighted by Crippen LogP contribution is -2.49. The van der Waals surface area contributed by atoms with Gasteiger partial charge in [-0.05, 0) is 70.1 Å². The summed E-state index contributed by atoms with van der Waals surface area (Å²) in [7, 11) is 0. The highest BCUT2D eigenvalue weighted by molar-refractivity contribution is 6.13. The lowest BCUT2D eigenvalue weighted by molar-refractivity contribution is 0.0499. The van der Waals surface area contributed by atoms with E-state index in [-0.39, 0.29) is 11.7 Å². The van der Waals surface area contributed by atoms with Gasteiger partial charge in [0.05, 0.1) is 22.3 Å². The molecule has 1 unspecified atom stereocenters. The Morgan fingerprint density at radius 1 is 1.16 bits per heavy atom. The van der Waals surface area contributed by atoms with E-state index >= 15 is 0 Å². The third kappa shape index (κ3) is 5.41. The zero-order chi connectivity index (χ0) is 27.0. The highest BCUT2D eigenvalue weighted by Crippen LogP contribution is 2.48. The first-order valence-electron chi connectivity index (χ1n) is 12.8. The first-order valence-corrected chi connectivity index (χ1v) is 12.8. The Hall–Kier alpha value is -4.15. The van der Waals surface area contributed by atoms with E-state index < -0.39 is 23.7 Å². The maximum Gasteiger partial charge on any atom is 0.417 e. The summed E-state index contributed by atoms with van der Waals surface area (Å²) >= 11 is 0. The van der Waals surface area contributed by atoms with E-state index in [0.29, 0.717) is 29.1 Å². The summed E-state index contributed by atoms with van der Waals surface area (Å²) in [6, 6.07) is 3.16. The average Bonchev–Trinajstić information content (AvgIpc) is 3.64. The lowest BCUT2D eigenvalue weighted by Gasteiger charge is -2.36. The van der Waals surface area contributed by atoms with E-state index in [4.69, 9.17) is 4.74 Å². The molecule has 1 saturated heterocycles. The van der Waals surface area contributed by atoms with E-state index in [1.54, 1.807) is 24.5 Å². The predicted octanol–water partition coefficient (Wildman–Crippen LogP) is 4.58. The van der Waals surface area contributed by atoms with Crippen molar-refractivity contribution < 1.29 is 24.2 Å². The maximum absolute atomic E-state index is 13.0. The number of ether oxygens (including phenoxy) is 1. The van der Waals surface area contributed by atoms with Crippen molar-refractivity contribution in [2.75, 3.05) is 23.3 Å². The number of fused-ring (bicyclic) bond motifs is 1. The molecular weight excluding hydrogens is 488 g/mol. The second-order valence-electron chi connectivity index (χ2n) is 10.9. The molecule has 2 amide bonds. The molecule has 38 heavy (non-hydrogen) atoms. The molecule has 2 fully saturated rings. The van der Waals surface area contributed by atoms with Crippen molar-refractivity contribution in [1.82, 2.24) is 19.9 Å². The molecule has 1 saturated carbocycles. The van der Waals surface area contributed by atoms with Crippen LogP contribution >= 0.6 is 0 Å². The van der Waals surface area contributed by atoms with Crippen molar-refractivity contribution in [3.05, 3.63) is 48.0 Å². The SMILES string of the molecule is CC(C)(C)OC(=O)NC1CCCN(c2c(C3CC3)cnc3c2c(NC(=O)c2cccnc2)cn3C(=O)O)C1. The summed E-state index contributed by atoms with van der Waals surface area (Å²) in [6.45, 7) is 6.71. The fourth-order valence-electron chi connectivity index (χ4n) is 4.93. The highest BCUT2D eigenvalue weighted by Gasteiger charge is 2.34. The third-order valence-electron chi connectivity index (χ3n) is 6.67. The Kier molecular flexibility index (Phi) is 6.68. The van der Waals surface area contributed by atoms with Crippen molar-refractivity contribution >= 4 is 40.5 Å². The van der Waals surface area contributed by atoms with E-state index in [1.807, 2.05) is 20.8 Å². The largest absolute Gasteiger partial charge is 0.464 e. The summed E-state index contributed by atoms with van der Waals surface area (Å²) in [6.07, 6.45) is 8.18. The van der Waals surface area contributed by atoms with Crippen LogP contribution in [0.25, 0.3) is 11.0 Å². The summed E-state index contributed by atoms with van der Waals surface area (Å²) in [5.74, 6) is -0.0791. The van der Waals surface area contributed by atoms with Crippen LogP contribution in [-0.2, 0) is 4.74 Å². The second kappa shape index (κ2) is 9.96. The molecule has 200 valence electrons. The number of carboxylic acid groups (broad SMARTS) is 1. The van der Waals surface area contributed by atoms with Crippen molar-refractivity contribution in [3.8, 4) is 0 Å². The van der Waals surface area contributed by atoms with Crippen LogP contribution in [0, 0.1) is 0 Å². The molecule has 2 aliphatic rings. The number of anilines is 2. The highest BCUT2D eigenvalue weighted by atomic mass is 16.6. The number of nitrogens with one attached hydrogen (secondary N) is 2. The quantitative estimate of drug-likeness (QED) is 0.444. The van der Waals surface area contributed by atoms with Gasteiger partial charge >= 0.3 is 12.2 Å². The van der Waals surface area contributed by atoms with Crippen LogP contribution in [0.15, 0.2) is 36.9 Å². The van der Waals surface area contributed by atoms with Crippen molar-refractivity contribution in [1.29, 1.82) is 0 Å². The van der Waals surface area contributed by atoms with E-state index in [2.05, 4.69) is 25.5 Å². The Morgan fingerprint density at radius 2 is 1.95 bits per heavy atom. The molecule has 3 aromatic rings. The van der Waals surface area contributed by atoms with Gasteiger partial charge in [0, 0.05) is 43.9 Å². The molecule has 3 N–H and O–H groups in total. The van der Waals surface area contributed by atoms with Gasteiger partial charge in [0.1, 0.15) is 5.60 Å². The zero-order valence-corrected chi connectivity index (χ0v) is 21.7.